The minimum Gasteiger partial charge on any atom is -0.377 e. The molecule has 3 N–H and O–H groups in total. The molecule has 2 aromatic carbocycles. The Bertz CT molecular complexity index is 622. The van der Waals surface area contributed by atoms with Crippen molar-refractivity contribution in [2.24, 2.45) is 5.73 Å². The highest BCUT2D eigenvalue weighted by molar-refractivity contribution is 9.10. The minimum atomic E-state index is -0.373. The summed E-state index contributed by atoms with van der Waals surface area (Å²) in [6.07, 6.45) is 0. The van der Waals surface area contributed by atoms with Crippen LogP contribution < -0.4 is 11.1 Å². The van der Waals surface area contributed by atoms with Crippen LogP contribution in [0.15, 0.2) is 40.9 Å². The van der Waals surface area contributed by atoms with Crippen molar-refractivity contribution in [1.82, 2.24) is 0 Å². The fraction of sp³-hybridized carbons (Fsp3) is 0.143. The Morgan fingerprint density at radius 1 is 1.20 bits per heavy atom. The highest BCUT2D eigenvalue weighted by Crippen LogP contribution is 2.29. The summed E-state index contributed by atoms with van der Waals surface area (Å²) in [6, 6.07) is 9.40. The zero-order valence-electron chi connectivity index (χ0n) is 10.3. The third kappa shape index (κ3) is 3.64. The third-order valence-corrected chi connectivity index (χ3v) is 4.28. The van der Waals surface area contributed by atoms with Gasteiger partial charge in [-0.05, 0) is 52.3 Å². The van der Waals surface area contributed by atoms with Crippen LogP contribution in [0.4, 0.5) is 10.1 Å². The minimum absolute atomic E-state index is 0.234. The summed E-state index contributed by atoms with van der Waals surface area (Å²) in [6.45, 7) is 0.234. The highest BCUT2D eigenvalue weighted by atomic mass is 79.9. The van der Waals surface area contributed by atoms with E-state index >= 15 is 0 Å². The average Bonchev–Trinajstić information content (AvgIpc) is 2.43. The molecule has 0 aliphatic heterocycles. The zero-order valence-corrected chi connectivity index (χ0v) is 13.4. The molecule has 0 heterocycles. The van der Waals surface area contributed by atoms with Gasteiger partial charge in [0, 0.05) is 27.3 Å². The Balaban J connectivity index is 2.28. The second kappa shape index (κ2) is 6.76. The summed E-state index contributed by atoms with van der Waals surface area (Å²) in [5.74, 6) is -0.342. The number of hydrogen-bond acceptors (Lipinski definition) is 2. The maximum absolute atomic E-state index is 13.9. The number of benzene rings is 2. The molecule has 0 radical (unpaired) electrons. The topological polar surface area (TPSA) is 38.0 Å². The molecule has 2 nitrogen and oxygen atoms in total. The summed E-state index contributed by atoms with van der Waals surface area (Å²) in [4.78, 5) is 0. The molecule has 0 bridgehead atoms. The van der Waals surface area contributed by atoms with Crippen LogP contribution >= 0.6 is 39.1 Å². The molecule has 6 heteroatoms. The van der Waals surface area contributed by atoms with E-state index in [2.05, 4.69) is 21.2 Å². The standard InChI is InChI=1S/C14H12BrCl2FN2/c15-11-6-9(2-3-12(11)17)20-14(7-19)10-5-8(16)1-4-13(10)18/h1-6,14,20H,7,19H2. The van der Waals surface area contributed by atoms with E-state index in [0.29, 0.717) is 15.6 Å². The molecule has 1 atom stereocenters. The summed E-state index contributed by atoms with van der Waals surface area (Å²) in [5.41, 5.74) is 6.95. The summed E-state index contributed by atoms with van der Waals surface area (Å²) < 4.78 is 14.6. The van der Waals surface area contributed by atoms with Gasteiger partial charge in [0.1, 0.15) is 5.82 Å². The van der Waals surface area contributed by atoms with Crippen LogP contribution in [-0.4, -0.2) is 6.54 Å². The molecule has 0 aliphatic carbocycles. The average molecular weight is 378 g/mol. The summed E-state index contributed by atoms with van der Waals surface area (Å²) in [5, 5.41) is 4.25. The molecule has 2 aromatic rings. The van der Waals surface area contributed by atoms with Gasteiger partial charge in [-0.3, -0.25) is 0 Å². The molecule has 0 spiro atoms. The largest absolute Gasteiger partial charge is 0.377 e. The molecular formula is C14H12BrCl2FN2. The number of rotatable bonds is 4. The van der Waals surface area contributed by atoms with E-state index in [4.69, 9.17) is 28.9 Å². The van der Waals surface area contributed by atoms with Crippen LogP contribution in [0.25, 0.3) is 0 Å². The van der Waals surface area contributed by atoms with E-state index in [1.54, 1.807) is 18.2 Å². The van der Waals surface area contributed by atoms with Crippen molar-refractivity contribution in [3.05, 3.63) is 62.3 Å². The van der Waals surface area contributed by atoms with Gasteiger partial charge in [-0.15, -0.1) is 0 Å². The second-order valence-corrected chi connectivity index (χ2v) is 5.93. The Morgan fingerprint density at radius 3 is 2.60 bits per heavy atom. The number of hydrogen-bond donors (Lipinski definition) is 2. The molecule has 0 aromatic heterocycles. The number of halogens is 4. The first-order valence-corrected chi connectivity index (χ1v) is 7.42. The van der Waals surface area contributed by atoms with E-state index < -0.39 is 0 Å². The predicted molar refractivity (Wildman–Crippen MR) is 86.0 cm³/mol. The van der Waals surface area contributed by atoms with E-state index in [1.165, 1.54) is 12.1 Å². The van der Waals surface area contributed by atoms with Crippen molar-refractivity contribution in [2.75, 3.05) is 11.9 Å². The monoisotopic (exact) mass is 376 g/mol. The molecule has 0 fully saturated rings. The fourth-order valence-electron chi connectivity index (χ4n) is 1.83. The lowest BCUT2D eigenvalue weighted by molar-refractivity contribution is 0.593. The van der Waals surface area contributed by atoms with Crippen LogP contribution in [0.5, 0.6) is 0 Å². The van der Waals surface area contributed by atoms with E-state index in [9.17, 15) is 4.39 Å². The van der Waals surface area contributed by atoms with Gasteiger partial charge in [0.15, 0.2) is 0 Å². The van der Waals surface area contributed by atoms with Gasteiger partial charge in [-0.2, -0.15) is 0 Å². The maximum atomic E-state index is 13.9. The van der Waals surface area contributed by atoms with Crippen molar-refractivity contribution >= 4 is 44.8 Å². The molecule has 0 aliphatic rings. The SMILES string of the molecule is NCC(Nc1ccc(Cl)c(Br)c1)c1cc(Cl)ccc1F. The van der Waals surface area contributed by atoms with Gasteiger partial charge < -0.3 is 11.1 Å². The van der Waals surface area contributed by atoms with Crippen molar-refractivity contribution in [1.29, 1.82) is 0 Å². The first-order chi connectivity index (χ1) is 9.51. The van der Waals surface area contributed by atoms with Crippen LogP contribution in [0.2, 0.25) is 10.0 Å². The van der Waals surface area contributed by atoms with Crippen molar-refractivity contribution in [3.8, 4) is 0 Å². The molecule has 0 saturated heterocycles. The summed E-state index contributed by atoms with van der Waals surface area (Å²) >= 11 is 15.2. The van der Waals surface area contributed by atoms with Gasteiger partial charge in [0.25, 0.3) is 0 Å². The van der Waals surface area contributed by atoms with Crippen LogP contribution in [0.1, 0.15) is 11.6 Å². The Kier molecular flexibility index (Phi) is 5.27. The lowest BCUT2D eigenvalue weighted by Gasteiger charge is -2.20. The first kappa shape index (κ1) is 15.6. The molecule has 0 amide bonds. The van der Waals surface area contributed by atoms with Gasteiger partial charge in [-0.25, -0.2) is 4.39 Å². The summed E-state index contributed by atoms with van der Waals surface area (Å²) in [7, 11) is 0. The van der Waals surface area contributed by atoms with E-state index in [1.807, 2.05) is 6.07 Å². The second-order valence-electron chi connectivity index (χ2n) is 4.23. The molecule has 0 saturated carbocycles. The number of nitrogens with two attached hydrogens (primary N) is 1. The number of nitrogens with one attached hydrogen (secondary N) is 1. The molecule has 106 valence electrons. The van der Waals surface area contributed by atoms with Gasteiger partial charge >= 0.3 is 0 Å². The molecular weight excluding hydrogens is 366 g/mol. The van der Waals surface area contributed by atoms with Gasteiger partial charge in [0.2, 0.25) is 0 Å². The van der Waals surface area contributed by atoms with Crippen molar-refractivity contribution < 1.29 is 4.39 Å². The lowest BCUT2D eigenvalue weighted by atomic mass is 10.1. The normalized spacial score (nSPS) is 12.2. The zero-order chi connectivity index (χ0) is 14.7. The quantitative estimate of drug-likeness (QED) is 0.786. The molecule has 20 heavy (non-hydrogen) atoms. The van der Waals surface area contributed by atoms with E-state index in [-0.39, 0.29) is 18.4 Å². The Morgan fingerprint density at radius 2 is 1.95 bits per heavy atom. The van der Waals surface area contributed by atoms with Gasteiger partial charge in [0.05, 0.1) is 11.1 Å². The van der Waals surface area contributed by atoms with Crippen molar-refractivity contribution in [2.45, 2.75) is 6.04 Å². The molecule has 2 rings (SSSR count). The Hall–Kier alpha value is -0.810. The van der Waals surface area contributed by atoms with Gasteiger partial charge in [-0.1, -0.05) is 23.2 Å². The molecule has 1 unspecified atom stereocenters. The van der Waals surface area contributed by atoms with Crippen LogP contribution in [0, 0.1) is 5.82 Å². The fourth-order valence-corrected chi connectivity index (χ4v) is 2.51. The maximum Gasteiger partial charge on any atom is 0.128 e. The third-order valence-electron chi connectivity index (χ3n) is 2.83. The number of anilines is 1. The highest BCUT2D eigenvalue weighted by Gasteiger charge is 2.15. The lowest BCUT2D eigenvalue weighted by Crippen LogP contribution is -2.21. The smallest absolute Gasteiger partial charge is 0.128 e. The Labute approximate surface area is 135 Å². The van der Waals surface area contributed by atoms with Crippen molar-refractivity contribution in [3.63, 3.8) is 0 Å². The van der Waals surface area contributed by atoms with Crippen LogP contribution in [-0.2, 0) is 0 Å². The van der Waals surface area contributed by atoms with Crippen LogP contribution in [0.3, 0.4) is 0 Å². The predicted octanol–water partition coefficient (Wildman–Crippen LogP) is 5.01. The van der Waals surface area contributed by atoms with E-state index in [0.717, 1.165) is 10.2 Å². The first-order valence-electron chi connectivity index (χ1n) is 5.88.